The Morgan fingerprint density at radius 3 is 2.15 bits per heavy atom. The van der Waals surface area contributed by atoms with Crippen molar-refractivity contribution in [1.29, 1.82) is 0 Å². The summed E-state index contributed by atoms with van der Waals surface area (Å²) in [6, 6.07) is 10.9. The topological polar surface area (TPSA) is 12.0 Å². The van der Waals surface area contributed by atoms with Crippen molar-refractivity contribution in [1.82, 2.24) is 5.32 Å². The lowest BCUT2D eigenvalue weighted by Gasteiger charge is -2.11. The lowest BCUT2D eigenvalue weighted by molar-refractivity contribution is 0.589. The summed E-state index contributed by atoms with van der Waals surface area (Å²) in [4.78, 5) is 0. The minimum atomic E-state index is -0.417. The van der Waals surface area contributed by atoms with Crippen LogP contribution in [0.2, 0.25) is 10.0 Å². The molecule has 0 radical (unpaired) electrons. The van der Waals surface area contributed by atoms with Crippen molar-refractivity contribution in [3.8, 4) is 11.1 Å². The van der Waals surface area contributed by atoms with Crippen LogP contribution in [0.15, 0.2) is 36.4 Å². The first kappa shape index (κ1) is 15.3. The second-order valence-corrected chi connectivity index (χ2v) is 5.79. The molecule has 2 aromatic carbocycles. The number of halogens is 3. The molecule has 0 aliphatic rings. The predicted octanol–water partition coefficient (Wildman–Crippen LogP) is 5.30. The smallest absolute Gasteiger partial charge is 0.141 e. The van der Waals surface area contributed by atoms with Gasteiger partial charge in [-0.05, 0) is 34.9 Å². The molecule has 2 rings (SSSR count). The lowest BCUT2D eigenvalue weighted by atomic mass is 10.0. The Bertz CT molecular complexity index is 611. The fourth-order valence-electron chi connectivity index (χ4n) is 1.86. The molecular formula is C16H16Cl2FN. The molecule has 0 aliphatic heterocycles. The Kier molecular flexibility index (Phi) is 5.03. The number of hydrogen-bond donors (Lipinski definition) is 1. The fraction of sp³-hybridized carbons (Fsp3) is 0.250. The van der Waals surface area contributed by atoms with E-state index in [1.54, 1.807) is 12.1 Å². The molecule has 4 heteroatoms. The minimum absolute atomic E-state index is 0.115. The Labute approximate surface area is 128 Å². The summed E-state index contributed by atoms with van der Waals surface area (Å²) in [6.07, 6.45) is 0. The van der Waals surface area contributed by atoms with Crippen molar-refractivity contribution < 1.29 is 4.39 Å². The van der Waals surface area contributed by atoms with Crippen LogP contribution in [0.5, 0.6) is 0 Å². The molecule has 2 aromatic rings. The first-order valence-corrected chi connectivity index (χ1v) is 7.20. The fourth-order valence-corrected chi connectivity index (χ4v) is 2.29. The molecular weight excluding hydrogens is 296 g/mol. The van der Waals surface area contributed by atoms with Crippen LogP contribution in [0.1, 0.15) is 19.4 Å². The SMILES string of the molecule is CC(C)NCc1ccc(-c2ccc(F)c(Cl)c2)cc1Cl. The van der Waals surface area contributed by atoms with Gasteiger partial charge in [0.1, 0.15) is 5.82 Å². The van der Waals surface area contributed by atoms with E-state index in [-0.39, 0.29) is 5.02 Å². The maximum absolute atomic E-state index is 13.2. The van der Waals surface area contributed by atoms with E-state index in [1.807, 2.05) is 18.2 Å². The molecule has 0 aromatic heterocycles. The zero-order valence-electron chi connectivity index (χ0n) is 11.4. The van der Waals surface area contributed by atoms with Crippen LogP contribution < -0.4 is 5.32 Å². The summed E-state index contributed by atoms with van der Waals surface area (Å²) >= 11 is 12.1. The van der Waals surface area contributed by atoms with E-state index >= 15 is 0 Å². The van der Waals surface area contributed by atoms with Gasteiger partial charge in [0.15, 0.2) is 0 Å². The van der Waals surface area contributed by atoms with Crippen molar-refractivity contribution in [3.63, 3.8) is 0 Å². The lowest BCUT2D eigenvalue weighted by Crippen LogP contribution is -2.21. The van der Waals surface area contributed by atoms with Gasteiger partial charge in [0.25, 0.3) is 0 Å². The zero-order chi connectivity index (χ0) is 14.7. The number of benzene rings is 2. The van der Waals surface area contributed by atoms with Crippen molar-refractivity contribution in [2.45, 2.75) is 26.4 Å². The van der Waals surface area contributed by atoms with Crippen LogP contribution in [0.4, 0.5) is 4.39 Å². The average Bonchev–Trinajstić information content (AvgIpc) is 2.40. The highest BCUT2D eigenvalue weighted by Gasteiger charge is 2.07. The molecule has 0 bridgehead atoms. The molecule has 1 nitrogen and oxygen atoms in total. The third-order valence-corrected chi connectivity index (χ3v) is 3.65. The molecule has 0 saturated heterocycles. The van der Waals surface area contributed by atoms with Gasteiger partial charge in [-0.1, -0.05) is 55.2 Å². The van der Waals surface area contributed by atoms with E-state index in [9.17, 15) is 4.39 Å². The van der Waals surface area contributed by atoms with Gasteiger partial charge in [-0.2, -0.15) is 0 Å². The summed E-state index contributed by atoms with van der Waals surface area (Å²) in [7, 11) is 0. The highest BCUT2D eigenvalue weighted by molar-refractivity contribution is 6.32. The highest BCUT2D eigenvalue weighted by Crippen LogP contribution is 2.28. The minimum Gasteiger partial charge on any atom is -0.310 e. The summed E-state index contributed by atoms with van der Waals surface area (Å²) in [5.41, 5.74) is 2.81. The van der Waals surface area contributed by atoms with E-state index in [2.05, 4.69) is 19.2 Å². The maximum Gasteiger partial charge on any atom is 0.141 e. The van der Waals surface area contributed by atoms with Crippen LogP contribution in [-0.2, 0) is 6.54 Å². The Balaban J connectivity index is 2.26. The van der Waals surface area contributed by atoms with Gasteiger partial charge < -0.3 is 5.32 Å². The molecule has 0 unspecified atom stereocenters. The third kappa shape index (κ3) is 3.72. The number of hydrogen-bond acceptors (Lipinski definition) is 1. The van der Waals surface area contributed by atoms with Gasteiger partial charge in [0, 0.05) is 17.6 Å². The van der Waals surface area contributed by atoms with E-state index in [0.717, 1.165) is 23.2 Å². The summed E-state index contributed by atoms with van der Waals surface area (Å²) in [5.74, 6) is -0.417. The van der Waals surface area contributed by atoms with E-state index in [1.165, 1.54) is 6.07 Å². The van der Waals surface area contributed by atoms with Crippen molar-refractivity contribution in [2.24, 2.45) is 0 Å². The molecule has 0 heterocycles. The molecule has 0 aliphatic carbocycles. The van der Waals surface area contributed by atoms with Crippen molar-refractivity contribution in [3.05, 3.63) is 57.8 Å². The summed E-state index contributed by atoms with van der Waals surface area (Å²) in [6.45, 7) is 4.90. The monoisotopic (exact) mass is 311 g/mol. The second kappa shape index (κ2) is 6.57. The second-order valence-electron chi connectivity index (χ2n) is 4.97. The number of rotatable bonds is 4. The van der Waals surface area contributed by atoms with Crippen LogP contribution in [0, 0.1) is 5.82 Å². The van der Waals surface area contributed by atoms with Crippen LogP contribution >= 0.6 is 23.2 Å². The third-order valence-electron chi connectivity index (χ3n) is 3.01. The van der Waals surface area contributed by atoms with Gasteiger partial charge in [0.05, 0.1) is 5.02 Å². The Morgan fingerprint density at radius 1 is 1.00 bits per heavy atom. The molecule has 0 saturated carbocycles. The maximum atomic E-state index is 13.2. The standard InChI is InChI=1S/C16H16Cl2FN/c1-10(2)20-9-13-4-3-11(7-14(13)17)12-5-6-16(19)15(18)8-12/h3-8,10,20H,9H2,1-2H3. The van der Waals surface area contributed by atoms with Crippen molar-refractivity contribution in [2.75, 3.05) is 0 Å². The average molecular weight is 312 g/mol. The van der Waals surface area contributed by atoms with Gasteiger partial charge in [-0.25, -0.2) is 4.39 Å². The summed E-state index contributed by atoms with van der Waals surface area (Å²) in [5, 5.41) is 4.13. The van der Waals surface area contributed by atoms with E-state index < -0.39 is 5.82 Å². The van der Waals surface area contributed by atoms with Crippen LogP contribution in [0.3, 0.4) is 0 Å². The molecule has 0 spiro atoms. The molecule has 106 valence electrons. The van der Waals surface area contributed by atoms with E-state index in [0.29, 0.717) is 11.1 Å². The normalized spacial score (nSPS) is 11.1. The Morgan fingerprint density at radius 2 is 1.60 bits per heavy atom. The van der Waals surface area contributed by atoms with Crippen molar-refractivity contribution >= 4 is 23.2 Å². The zero-order valence-corrected chi connectivity index (χ0v) is 12.9. The molecule has 0 fully saturated rings. The highest BCUT2D eigenvalue weighted by atomic mass is 35.5. The Hall–Kier alpha value is -1.09. The van der Waals surface area contributed by atoms with Gasteiger partial charge in [-0.15, -0.1) is 0 Å². The van der Waals surface area contributed by atoms with Gasteiger partial charge in [-0.3, -0.25) is 0 Å². The molecule has 0 atom stereocenters. The molecule has 0 amide bonds. The molecule has 20 heavy (non-hydrogen) atoms. The first-order valence-electron chi connectivity index (χ1n) is 6.44. The van der Waals surface area contributed by atoms with Gasteiger partial charge >= 0.3 is 0 Å². The molecule has 1 N–H and O–H groups in total. The number of nitrogens with one attached hydrogen (secondary N) is 1. The quantitative estimate of drug-likeness (QED) is 0.808. The van der Waals surface area contributed by atoms with Crippen LogP contribution in [-0.4, -0.2) is 6.04 Å². The van der Waals surface area contributed by atoms with Gasteiger partial charge in [0.2, 0.25) is 0 Å². The van der Waals surface area contributed by atoms with E-state index in [4.69, 9.17) is 23.2 Å². The first-order chi connectivity index (χ1) is 9.47. The largest absolute Gasteiger partial charge is 0.310 e. The summed E-state index contributed by atoms with van der Waals surface area (Å²) < 4.78 is 13.2. The predicted molar refractivity (Wildman–Crippen MR) is 83.8 cm³/mol. The van der Waals surface area contributed by atoms with Crippen LogP contribution in [0.25, 0.3) is 11.1 Å².